The second-order valence-electron chi connectivity index (χ2n) is 5.26. The molecule has 0 aliphatic heterocycles. The molecule has 5 heteroatoms. The summed E-state index contributed by atoms with van der Waals surface area (Å²) in [7, 11) is 0. The van der Waals surface area contributed by atoms with Crippen molar-refractivity contribution in [1.82, 2.24) is 0 Å². The fourth-order valence-corrected chi connectivity index (χ4v) is 2.87. The van der Waals surface area contributed by atoms with E-state index in [4.69, 9.17) is 14.3 Å². The van der Waals surface area contributed by atoms with Gasteiger partial charge in [-0.1, -0.05) is 0 Å². The molecule has 0 fully saturated rings. The quantitative estimate of drug-likeness (QED) is 0.874. The van der Waals surface area contributed by atoms with Crippen LogP contribution >= 0.6 is 0 Å². The van der Waals surface area contributed by atoms with Gasteiger partial charge >= 0.3 is 11.6 Å². The third kappa shape index (κ3) is 2.39. The number of rotatable bonds is 4. The first-order valence-corrected chi connectivity index (χ1v) is 7.00. The number of aliphatic carboxylic acids is 1. The molecule has 1 aromatic carbocycles. The number of ether oxygens (including phenoxy) is 1. The Morgan fingerprint density at radius 3 is 2.86 bits per heavy atom. The van der Waals surface area contributed by atoms with E-state index in [0.717, 1.165) is 41.3 Å². The number of benzene rings is 1. The first-order chi connectivity index (χ1) is 10.1. The zero-order valence-electron chi connectivity index (χ0n) is 11.8. The van der Waals surface area contributed by atoms with Gasteiger partial charge in [0.05, 0.1) is 13.0 Å². The van der Waals surface area contributed by atoms with Gasteiger partial charge in [-0.2, -0.15) is 0 Å². The molecule has 3 rings (SSSR count). The van der Waals surface area contributed by atoms with Gasteiger partial charge in [0.1, 0.15) is 11.3 Å². The molecule has 0 saturated carbocycles. The lowest BCUT2D eigenvalue weighted by Crippen LogP contribution is -2.09. The summed E-state index contributed by atoms with van der Waals surface area (Å²) in [6.07, 6.45) is 2.60. The standard InChI is InChI=1S/C16H16O5/c1-9-13(20-8-7-14(17)18)6-5-11-10-3-2-4-12(10)16(19)21-15(9)11/h5-6H,2-4,7-8H2,1H3,(H,17,18). The van der Waals surface area contributed by atoms with Crippen molar-refractivity contribution in [3.8, 4) is 5.75 Å². The fraction of sp³-hybridized carbons (Fsp3) is 0.375. The van der Waals surface area contributed by atoms with Crippen molar-refractivity contribution in [3.63, 3.8) is 0 Å². The maximum absolute atomic E-state index is 12.0. The van der Waals surface area contributed by atoms with Gasteiger partial charge in [0.15, 0.2) is 0 Å². The highest BCUT2D eigenvalue weighted by molar-refractivity contribution is 5.86. The Bertz CT molecular complexity index is 772. The van der Waals surface area contributed by atoms with Crippen LogP contribution in [0.5, 0.6) is 5.75 Å². The lowest BCUT2D eigenvalue weighted by molar-refractivity contribution is -0.137. The molecule has 21 heavy (non-hydrogen) atoms. The summed E-state index contributed by atoms with van der Waals surface area (Å²) >= 11 is 0. The molecule has 0 bridgehead atoms. The van der Waals surface area contributed by atoms with E-state index in [1.165, 1.54) is 0 Å². The summed E-state index contributed by atoms with van der Waals surface area (Å²) in [6.45, 7) is 1.92. The van der Waals surface area contributed by atoms with E-state index < -0.39 is 5.97 Å². The molecule has 0 atom stereocenters. The first-order valence-electron chi connectivity index (χ1n) is 7.00. The van der Waals surface area contributed by atoms with E-state index in [2.05, 4.69) is 0 Å². The molecule has 0 saturated heterocycles. The number of carboxylic acid groups (broad SMARTS) is 1. The molecule has 1 aliphatic rings. The number of carboxylic acids is 1. The van der Waals surface area contributed by atoms with Crippen LogP contribution in [0, 0.1) is 6.92 Å². The summed E-state index contributed by atoms with van der Waals surface area (Å²) in [5.74, 6) is -0.345. The summed E-state index contributed by atoms with van der Waals surface area (Å²) in [6, 6.07) is 3.71. The van der Waals surface area contributed by atoms with Gasteiger partial charge in [-0.25, -0.2) is 4.79 Å². The van der Waals surface area contributed by atoms with Crippen LogP contribution in [0.15, 0.2) is 21.3 Å². The van der Waals surface area contributed by atoms with Gasteiger partial charge in [0, 0.05) is 16.5 Å². The molecule has 0 amide bonds. The Labute approximate surface area is 121 Å². The second-order valence-corrected chi connectivity index (χ2v) is 5.26. The van der Waals surface area contributed by atoms with Crippen LogP contribution in [0.4, 0.5) is 0 Å². The van der Waals surface area contributed by atoms with Crippen molar-refractivity contribution in [1.29, 1.82) is 0 Å². The van der Waals surface area contributed by atoms with Gasteiger partial charge in [0.2, 0.25) is 0 Å². The van der Waals surface area contributed by atoms with Crippen molar-refractivity contribution in [2.75, 3.05) is 6.61 Å². The lowest BCUT2D eigenvalue weighted by atomic mass is 10.0. The number of hydrogen-bond donors (Lipinski definition) is 1. The fourth-order valence-electron chi connectivity index (χ4n) is 2.87. The molecule has 110 valence electrons. The van der Waals surface area contributed by atoms with E-state index in [1.54, 1.807) is 0 Å². The lowest BCUT2D eigenvalue weighted by Gasteiger charge is -2.11. The highest BCUT2D eigenvalue weighted by Gasteiger charge is 2.21. The van der Waals surface area contributed by atoms with Crippen LogP contribution < -0.4 is 10.4 Å². The van der Waals surface area contributed by atoms with E-state index >= 15 is 0 Å². The van der Waals surface area contributed by atoms with E-state index in [9.17, 15) is 9.59 Å². The number of hydrogen-bond acceptors (Lipinski definition) is 4. The Morgan fingerprint density at radius 1 is 1.33 bits per heavy atom. The molecule has 1 heterocycles. The predicted octanol–water partition coefficient (Wildman–Crippen LogP) is 2.44. The van der Waals surface area contributed by atoms with Crippen LogP contribution in [0.2, 0.25) is 0 Å². The molecule has 1 aliphatic carbocycles. The summed E-state index contributed by atoms with van der Waals surface area (Å²) in [4.78, 5) is 22.5. The number of aryl methyl sites for hydroxylation is 2. The van der Waals surface area contributed by atoms with Crippen molar-refractivity contribution in [2.24, 2.45) is 0 Å². The molecule has 2 aromatic rings. The van der Waals surface area contributed by atoms with E-state index in [-0.39, 0.29) is 18.7 Å². The summed E-state index contributed by atoms with van der Waals surface area (Å²) in [5, 5.41) is 9.60. The molecule has 0 unspecified atom stereocenters. The molecule has 5 nitrogen and oxygen atoms in total. The molecule has 0 radical (unpaired) electrons. The Hall–Kier alpha value is -2.30. The third-order valence-electron chi connectivity index (χ3n) is 3.91. The monoisotopic (exact) mass is 288 g/mol. The molecule has 1 aromatic heterocycles. The van der Waals surface area contributed by atoms with Crippen LogP contribution in [0.3, 0.4) is 0 Å². The van der Waals surface area contributed by atoms with Crippen molar-refractivity contribution >= 4 is 16.9 Å². The van der Waals surface area contributed by atoms with Crippen LogP contribution in [-0.2, 0) is 17.6 Å². The largest absolute Gasteiger partial charge is 0.493 e. The van der Waals surface area contributed by atoms with E-state index in [0.29, 0.717) is 11.3 Å². The number of fused-ring (bicyclic) bond motifs is 3. The third-order valence-corrected chi connectivity index (χ3v) is 3.91. The molecule has 1 N–H and O–H groups in total. The minimum Gasteiger partial charge on any atom is -0.493 e. The average Bonchev–Trinajstić information content (AvgIpc) is 2.92. The first kappa shape index (κ1) is 13.7. The Morgan fingerprint density at radius 2 is 2.10 bits per heavy atom. The average molecular weight is 288 g/mol. The van der Waals surface area contributed by atoms with Crippen molar-refractivity contribution < 1.29 is 19.1 Å². The van der Waals surface area contributed by atoms with Gasteiger partial charge in [-0.3, -0.25) is 4.79 Å². The normalized spacial score (nSPS) is 13.4. The highest BCUT2D eigenvalue weighted by atomic mass is 16.5. The van der Waals surface area contributed by atoms with Gasteiger partial charge in [-0.05, 0) is 43.9 Å². The van der Waals surface area contributed by atoms with Crippen LogP contribution in [0.1, 0.15) is 29.5 Å². The summed E-state index contributed by atoms with van der Waals surface area (Å²) < 4.78 is 10.9. The highest BCUT2D eigenvalue weighted by Crippen LogP contribution is 2.32. The SMILES string of the molecule is Cc1c(OCCC(=O)O)ccc2c3c(c(=O)oc12)CCC3. The zero-order chi connectivity index (χ0) is 15.0. The van der Waals surface area contributed by atoms with Crippen LogP contribution in [0.25, 0.3) is 11.0 Å². The smallest absolute Gasteiger partial charge is 0.339 e. The topological polar surface area (TPSA) is 76.7 Å². The Balaban J connectivity index is 2.03. The van der Waals surface area contributed by atoms with Gasteiger partial charge in [0.25, 0.3) is 0 Å². The van der Waals surface area contributed by atoms with Gasteiger partial charge < -0.3 is 14.3 Å². The summed E-state index contributed by atoms with van der Waals surface area (Å²) in [5.41, 5.74) is 2.90. The molecule has 0 spiro atoms. The minimum atomic E-state index is -0.905. The van der Waals surface area contributed by atoms with Crippen molar-refractivity contribution in [2.45, 2.75) is 32.6 Å². The predicted molar refractivity (Wildman–Crippen MR) is 77.0 cm³/mol. The van der Waals surface area contributed by atoms with Crippen molar-refractivity contribution in [3.05, 3.63) is 39.2 Å². The van der Waals surface area contributed by atoms with E-state index in [1.807, 2.05) is 19.1 Å². The molecular formula is C16H16O5. The minimum absolute atomic E-state index is 0.0639. The Kier molecular flexibility index (Phi) is 3.41. The maximum atomic E-state index is 12.0. The second kappa shape index (κ2) is 5.24. The van der Waals surface area contributed by atoms with Gasteiger partial charge in [-0.15, -0.1) is 0 Å². The van der Waals surface area contributed by atoms with Crippen LogP contribution in [-0.4, -0.2) is 17.7 Å². The number of carbonyl (C=O) groups is 1. The maximum Gasteiger partial charge on any atom is 0.339 e. The molecular weight excluding hydrogens is 272 g/mol. The zero-order valence-corrected chi connectivity index (χ0v) is 11.8.